The Kier molecular flexibility index (Phi) is 7.99. The smallest absolute Gasteiger partial charge is 0.418 e. The van der Waals surface area contributed by atoms with E-state index in [-0.39, 0.29) is 36.2 Å². The first-order valence-electron chi connectivity index (χ1n) is 9.36. The molecule has 2 atom stereocenters. The van der Waals surface area contributed by atoms with Crippen LogP contribution in [0.5, 0.6) is 6.01 Å². The highest BCUT2D eigenvalue weighted by Gasteiger charge is 2.43. The van der Waals surface area contributed by atoms with E-state index in [0.29, 0.717) is 17.7 Å². The average molecular weight is 427 g/mol. The van der Waals surface area contributed by atoms with Crippen LogP contribution in [0.2, 0.25) is 0 Å². The van der Waals surface area contributed by atoms with Gasteiger partial charge < -0.3 is 19.9 Å². The van der Waals surface area contributed by atoms with Crippen molar-refractivity contribution in [2.75, 3.05) is 19.0 Å². The van der Waals surface area contributed by atoms with Gasteiger partial charge in [0.25, 0.3) is 0 Å². The summed E-state index contributed by atoms with van der Waals surface area (Å²) in [6, 6.07) is 4.47. The number of halogens is 3. The van der Waals surface area contributed by atoms with Gasteiger partial charge in [-0.2, -0.15) is 13.2 Å². The van der Waals surface area contributed by atoms with Crippen LogP contribution in [-0.4, -0.2) is 40.9 Å². The number of carboxylic acids is 1. The number of hydrogen-bond donors (Lipinski definition) is 2. The summed E-state index contributed by atoms with van der Waals surface area (Å²) in [5, 5.41) is 12.0. The number of carboxylic acid groups (broad SMARTS) is 1. The third-order valence-corrected chi connectivity index (χ3v) is 4.47. The molecule has 0 unspecified atom stereocenters. The molecule has 0 fully saturated rings. The molecule has 0 aliphatic heterocycles. The Morgan fingerprint density at radius 1 is 1.23 bits per heavy atom. The van der Waals surface area contributed by atoms with E-state index >= 15 is 0 Å². The Morgan fingerprint density at radius 3 is 2.40 bits per heavy atom. The SMILES string of the molecule is CCO[C@@H](c1ccc([C@H](CC)CC(=O)O)cc1Nc1cnc(OC)nc1)C(F)(F)F. The molecule has 0 radical (unpaired) electrons. The van der Waals surface area contributed by atoms with Crippen LogP contribution < -0.4 is 10.1 Å². The van der Waals surface area contributed by atoms with Gasteiger partial charge in [-0.1, -0.05) is 19.1 Å². The first-order chi connectivity index (χ1) is 14.2. The van der Waals surface area contributed by atoms with Gasteiger partial charge in [-0.3, -0.25) is 4.79 Å². The van der Waals surface area contributed by atoms with Crippen molar-refractivity contribution < 1.29 is 32.5 Å². The van der Waals surface area contributed by atoms with Gasteiger partial charge >= 0.3 is 18.2 Å². The highest BCUT2D eigenvalue weighted by atomic mass is 19.4. The third-order valence-electron chi connectivity index (χ3n) is 4.47. The second-order valence-corrected chi connectivity index (χ2v) is 6.51. The molecule has 7 nitrogen and oxygen atoms in total. The summed E-state index contributed by atoms with van der Waals surface area (Å²) >= 11 is 0. The zero-order valence-electron chi connectivity index (χ0n) is 16.9. The Balaban J connectivity index is 2.52. The molecule has 0 amide bonds. The largest absolute Gasteiger partial charge is 0.481 e. The number of rotatable bonds is 10. The number of benzene rings is 1. The van der Waals surface area contributed by atoms with E-state index in [2.05, 4.69) is 15.3 Å². The fourth-order valence-corrected chi connectivity index (χ4v) is 3.04. The summed E-state index contributed by atoms with van der Waals surface area (Å²) in [5.74, 6) is -1.33. The molecule has 0 aliphatic carbocycles. The molecule has 164 valence electrons. The molecule has 30 heavy (non-hydrogen) atoms. The maximum atomic E-state index is 13.6. The zero-order chi connectivity index (χ0) is 22.3. The van der Waals surface area contributed by atoms with E-state index in [0.717, 1.165) is 0 Å². The van der Waals surface area contributed by atoms with E-state index in [1.54, 1.807) is 0 Å². The van der Waals surface area contributed by atoms with Crippen molar-refractivity contribution >= 4 is 17.3 Å². The number of aliphatic carboxylic acids is 1. The number of carbonyl (C=O) groups is 1. The second-order valence-electron chi connectivity index (χ2n) is 6.51. The Labute approximate surface area is 172 Å². The van der Waals surface area contributed by atoms with E-state index < -0.39 is 18.2 Å². The van der Waals surface area contributed by atoms with Crippen molar-refractivity contribution in [1.29, 1.82) is 0 Å². The zero-order valence-corrected chi connectivity index (χ0v) is 16.9. The molecule has 1 aromatic heterocycles. The predicted molar refractivity (Wildman–Crippen MR) is 104 cm³/mol. The average Bonchev–Trinajstić information content (AvgIpc) is 2.70. The van der Waals surface area contributed by atoms with Gasteiger partial charge in [0.2, 0.25) is 0 Å². The Morgan fingerprint density at radius 2 is 1.90 bits per heavy atom. The van der Waals surface area contributed by atoms with Crippen LogP contribution in [0.1, 0.15) is 49.8 Å². The normalized spacial score (nSPS) is 13.5. The molecule has 0 saturated carbocycles. The van der Waals surface area contributed by atoms with Gasteiger partial charge in [0.15, 0.2) is 6.10 Å². The minimum absolute atomic E-state index is 0.115. The molecular weight excluding hydrogens is 403 g/mol. The highest BCUT2D eigenvalue weighted by Crippen LogP contribution is 2.41. The van der Waals surface area contributed by atoms with Crippen molar-refractivity contribution in [3.8, 4) is 6.01 Å². The van der Waals surface area contributed by atoms with Crippen molar-refractivity contribution in [3.05, 3.63) is 41.7 Å². The lowest BCUT2D eigenvalue weighted by Gasteiger charge is -2.25. The monoisotopic (exact) mass is 427 g/mol. The molecule has 10 heteroatoms. The number of ether oxygens (including phenoxy) is 2. The molecule has 2 rings (SSSR count). The standard InChI is InChI=1S/C20H24F3N3O4/c1-4-12(9-17(27)28)13-6-7-15(18(30-5-2)20(21,22)23)16(8-13)26-14-10-24-19(29-3)25-11-14/h6-8,10-12,18,26H,4-5,9H2,1-3H3,(H,27,28)/t12-,18+/m1/s1. The van der Waals surface area contributed by atoms with Gasteiger partial charge in [-0.25, -0.2) is 9.97 Å². The summed E-state index contributed by atoms with van der Waals surface area (Å²) in [6.45, 7) is 3.18. The summed E-state index contributed by atoms with van der Waals surface area (Å²) in [5.41, 5.74) is 0.978. The number of nitrogens with one attached hydrogen (secondary N) is 1. The Bertz CT molecular complexity index is 844. The second kappa shape index (κ2) is 10.2. The van der Waals surface area contributed by atoms with Crippen molar-refractivity contribution in [2.24, 2.45) is 0 Å². The maximum Gasteiger partial charge on any atom is 0.418 e. The molecular formula is C20H24F3N3O4. The van der Waals surface area contributed by atoms with Crippen LogP contribution in [-0.2, 0) is 9.53 Å². The van der Waals surface area contributed by atoms with Crippen LogP contribution in [0.4, 0.5) is 24.5 Å². The van der Waals surface area contributed by atoms with Gasteiger partial charge in [-0.05, 0) is 30.9 Å². The van der Waals surface area contributed by atoms with Crippen molar-refractivity contribution in [3.63, 3.8) is 0 Å². The van der Waals surface area contributed by atoms with Gasteiger partial charge in [0.1, 0.15) is 0 Å². The number of anilines is 2. The van der Waals surface area contributed by atoms with E-state index in [1.807, 2.05) is 6.92 Å². The Hall–Kier alpha value is -2.88. The fraction of sp³-hybridized carbons (Fsp3) is 0.450. The lowest BCUT2D eigenvalue weighted by atomic mass is 9.91. The molecule has 2 aromatic rings. The van der Waals surface area contributed by atoms with Gasteiger partial charge in [0.05, 0.1) is 31.6 Å². The van der Waals surface area contributed by atoms with Crippen LogP contribution in [0.25, 0.3) is 0 Å². The molecule has 1 aromatic carbocycles. The van der Waals surface area contributed by atoms with E-state index in [1.165, 1.54) is 44.6 Å². The van der Waals surface area contributed by atoms with Crippen LogP contribution in [0.15, 0.2) is 30.6 Å². The summed E-state index contributed by atoms with van der Waals surface area (Å²) < 4.78 is 50.8. The first kappa shape index (κ1) is 23.4. The maximum absolute atomic E-state index is 13.6. The van der Waals surface area contributed by atoms with Gasteiger partial charge in [0, 0.05) is 17.9 Å². The predicted octanol–water partition coefficient (Wildman–Crippen LogP) is 4.84. The molecule has 0 aliphatic rings. The van der Waals surface area contributed by atoms with Crippen LogP contribution >= 0.6 is 0 Å². The molecule has 0 spiro atoms. The molecule has 0 bridgehead atoms. The summed E-state index contributed by atoms with van der Waals surface area (Å²) in [7, 11) is 1.40. The molecule has 1 heterocycles. The quantitative estimate of drug-likeness (QED) is 0.560. The van der Waals surface area contributed by atoms with Gasteiger partial charge in [-0.15, -0.1) is 0 Å². The van der Waals surface area contributed by atoms with E-state index in [4.69, 9.17) is 14.6 Å². The van der Waals surface area contributed by atoms with Crippen LogP contribution in [0, 0.1) is 0 Å². The number of hydrogen-bond acceptors (Lipinski definition) is 6. The number of aromatic nitrogens is 2. The third kappa shape index (κ3) is 6.06. The summed E-state index contributed by atoms with van der Waals surface area (Å²) in [6.07, 6.45) is -3.63. The number of alkyl halides is 3. The van der Waals surface area contributed by atoms with E-state index in [9.17, 15) is 18.0 Å². The van der Waals surface area contributed by atoms with Crippen molar-refractivity contribution in [2.45, 2.75) is 44.9 Å². The minimum Gasteiger partial charge on any atom is -0.481 e. The first-order valence-corrected chi connectivity index (χ1v) is 9.36. The number of methoxy groups -OCH3 is 1. The lowest BCUT2D eigenvalue weighted by molar-refractivity contribution is -0.222. The molecule has 2 N–H and O–H groups in total. The van der Waals surface area contributed by atoms with Crippen molar-refractivity contribution in [1.82, 2.24) is 9.97 Å². The fourth-order valence-electron chi connectivity index (χ4n) is 3.04. The molecule has 0 saturated heterocycles. The summed E-state index contributed by atoms with van der Waals surface area (Å²) in [4.78, 5) is 19.0. The highest BCUT2D eigenvalue weighted by molar-refractivity contribution is 5.69. The topological polar surface area (TPSA) is 93.6 Å². The number of nitrogens with zero attached hydrogens (tertiary/aromatic N) is 2. The lowest BCUT2D eigenvalue weighted by Crippen LogP contribution is -2.24. The minimum atomic E-state index is -4.63. The van der Waals surface area contributed by atoms with Crippen LogP contribution in [0.3, 0.4) is 0 Å².